The molecule has 2 fully saturated rings. The summed E-state index contributed by atoms with van der Waals surface area (Å²) in [7, 11) is 0. The Hall–Kier alpha value is -2.18. The minimum Gasteiger partial charge on any atom is -0.462 e. The highest BCUT2D eigenvalue weighted by Crippen LogP contribution is 2.35. The number of likely N-dealkylation sites (N-methyl/N-ethyl adjacent to an activating group) is 1. The molecule has 0 radical (unpaired) electrons. The van der Waals surface area contributed by atoms with Crippen molar-refractivity contribution in [3.05, 3.63) is 35.0 Å². The molecule has 0 amide bonds. The van der Waals surface area contributed by atoms with Crippen LogP contribution in [0.2, 0.25) is 0 Å². The summed E-state index contributed by atoms with van der Waals surface area (Å²) in [5.41, 5.74) is 4.96. The van der Waals surface area contributed by atoms with Crippen molar-refractivity contribution in [1.29, 1.82) is 0 Å². The number of anilines is 1. The lowest BCUT2D eigenvalue weighted by Gasteiger charge is -2.37. The van der Waals surface area contributed by atoms with E-state index >= 15 is 0 Å². The van der Waals surface area contributed by atoms with Crippen LogP contribution in [0.25, 0.3) is 10.9 Å². The van der Waals surface area contributed by atoms with E-state index in [1.165, 1.54) is 11.1 Å². The molecule has 1 unspecified atom stereocenters. The Bertz CT molecular complexity index is 921. The van der Waals surface area contributed by atoms with Crippen LogP contribution in [0.15, 0.2) is 18.3 Å². The van der Waals surface area contributed by atoms with Gasteiger partial charge in [0.25, 0.3) is 0 Å². The third-order valence-corrected chi connectivity index (χ3v) is 6.88. The molecule has 2 aliphatic rings. The van der Waals surface area contributed by atoms with E-state index in [4.69, 9.17) is 4.74 Å². The summed E-state index contributed by atoms with van der Waals surface area (Å²) in [4.78, 5) is 25.0. The summed E-state index contributed by atoms with van der Waals surface area (Å²) < 4.78 is 5.38. The van der Waals surface area contributed by atoms with E-state index in [1.54, 1.807) is 6.20 Å². The summed E-state index contributed by atoms with van der Waals surface area (Å²) in [6, 6.07) is 4.79. The molecule has 2 aliphatic heterocycles. The molecule has 162 valence electrons. The molecule has 3 heterocycles. The first-order valence-corrected chi connectivity index (χ1v) is 11.3. The third-order valence-electron chi connectivity index (χ3n) is 6.88. The fourth-order valence-electron chi connectivity index (χ4n) is 4.88. The number of ether oxygens (including phenoxy) is 1. The second-order valence-corrected chi connectivity index (χ2v) is 8.50. The first-order chi connectivity index (χ1) is 14.5. The maximum absolute atomic E-state index is 12.8. The zero-order valence-electron chi connectivity index (χ0n) is 18.8. The summed E-state index contributed by atoms with van der Waals surface area (Å²) in [6.45, 7) is 16.3. The number of fused-ring (bicyclic) bond motifs is 1. The second-order valence-electron chi connectivity index (χ2n) is 8.50. The number of benzene rings is 1. The quantitative estimate of drug-likeness (QED) is 0.706. The highest BCUT2D eigenvalue weighted by atomic mass is 16.5. The van der Waals surface area contributed by atoms with Gasteiger partial charge in [-0.25, -0.2) is 4.79 Å². The smallest absolute Gasteiger partial charge is 0.341 e. The van der Waals surface area contributed by atoms with E-state index in [2.05, 4.69) is 52.6 Å². The number of hydrogen-bond donors (Lipinski definition) is 0. The predicted molar refractivity (Wildman–Crippen MR) is 121 cm³/mol. The number of carbonyl (C=O) groups is 1. The van der Waals surface area contributed by atoms with Gasteiger partial charge in [-0.15, -0.1) is 0 Å². The number of carbonyl (C=O) groups excluding carboxylic acids is 1. The molecule has 30 heavy (non-hydrogen) atoms. The first-order valence-electron chi connectivity index (χ1n) is 11.3. The third kappa shape index (κ3) is 3.91. The molecule has 1 aromatic carbocycles. The van der Waals surface area contributed by atoms with Gasteiger partial charge in [0.05, 0.1) is 17.8 Å². The van der Waals surface area contributed by atoms with Crippen LogP contribution in [-0.2, 0) is 4.74 Å². The Morgan fingerprint density at radius 1 is 1.13 bits per heavy atom. The van der Waals surface area contributed by atoms with Crippen LogP contribution in [0.1, 0.15) is 41.8 Å². The SMILES string of the molecule is CCOC(=O)c1cnc2c(C)c(C)ccc2c1N1CCC(N2CCN(CC)CC2)C1. The number of piperazine rings is 1. The van der Waals surface area contributed by atoms with E-state index in [0.29, 0.717) is 18.2 Å². The van der Waals surface area contributed by atoms with E-state index in [1.807, 2.05) is 6.92 Å². The minimum atomic E-state index is -0.278. The van der Waals surface area contributed by atoms with E-state index in [-0.39, 0.29) is 5.97 Å². The molecule has 0 N–H and O–H groups in total. The van der Waals surface area contributed by atoms with Gasteiger partial charge >= 0.3 is 5.97 Å². The van der Waals surface area contributed by atoms with Gasteiger partial charge in [-0.05, 0) is 44.9 Å². The van der Waals surface area contributed by atoms with E-state index < -0.39 is 0 Å². The average molecular weight is 411 g/mol. The van der Waals surface area contributed by atoms with Gasteiger partial charge in [-0.2, -0.15) is 0 Å². The van der Waals surface area contributed by atoms with Crippen LogP contribution < -0.4 is 4.90 Å². The van der Waals surface area contributed by atoms with Gasteiger partial charge in [-0.1, -0.05) is 19.1 Å². The fourth-order valence-corrected chi connectivity index (χ4v) is 4.88. The Balaban J connectivity index is 1.66. The lowest BCUT2D eigenvalue weighted by atomic mass is 10.0. The summed E-state index contributed by atoms with van der Waals surface area (Å²) in [5, 5.41) is 1.06. The molecule has 2 saturated heterocycles. The van der Waals surface area contributed by atoms with Crippen molar-refractivity contribution in [1.82, 2.24) is 14.8 Å². The van der Waals surface area contributed by atoms with Crippen molar-refractivity contribution in [2.24, 2.45) is 0 Å². The number of esters is 1. The van der Waals surface area contributed by atoms with Crippen LogP contribution in [0.3, 0.4) is 0 Å². The molecule has 6 nitrogen and oxygen atoms in total. The molecule has 1 atom stereocenters. The summed E-state index contributed by atoms with van der Waals surface area (Å²) in [6.07, 6.45) is 2.85. The zero-order valence-corrected chi connectivity index (χ0v) is 18.8. The van der Waals surface area contributed by atoms with Gasteiger partial charge in [0.15, 0.2) is 0 Å². The molecule has 0 spiro atoms. The topological polar surface area (TPSA) is 48.9 Å². The zero-order chi connectivity index (χ0) is 21.3. The molecular formula is C24H34N4O2. The van der Waals surface area contributed by atoms with Crippen molar-refractivity contribution in [3.63, 3.8) is 0 Å². The molecule has 4 rings (SSSR count). The molecule has 0 aliphatic carbocycles. The minimum absolute atomic E-state index is 0.278. The number of pyridine rings is 1. The van der Waals surface area contributed by atoms with Crippen molar-refractivity contribution in [3.8, 4) is 0 Å². The second kappa shape index (κ2) is 8.90. The summed E-state index contributed by atoms with van der Waals surface area (Å²) in [5.74, 6) is -0.278. The van der Waals surface area contributed by atoms with E-state index in [0.717, 1.165) is 68.8 Å². The Morgan fingerprint density at radius 3 is 2.60 bits per heavy atom. The molecule has 1 aromatic heterocycles. The van der Waals surface area contributed by atoms with Crippen LogP contribution in [0.5, 0.6) is 0 Å². The molecular weight excluding hydrogens is 376 g/mol. The van der Waals surface area contributed by atoms with Gasteiger partial charge in [0, 0.05) is 56.9 Å². The fraction of sp³-hybridized carbons (Fsp3) is 0.583. The van der Waals surface area contributed by atoms with Crippen molar-refractivity contribution in [2.75, 3.05) is 57.3 Å². The number of nitrogens with zero attached hydrogens (tertiary/aromatic N) is 4. The first kappa shape index (κ1) is 21.1. The van der Waals surface area contributed by atoms with Crippen LogP contribution >= 0.6 is 0 Å². The van der Waals surface area contributed by atoms with Gasteiger partial charge < -0.3 is 14.5 Å². The average Bonchev–Trinajstić information content (AvgIpc) is 3.25. The van der Waals surface area contributed by atoms with E-state index in [9.17, 15) is 4.79 Å². The Kier molecular flexibility index (Phi) is 6.25. The molecule has 0 bridgehead atoms. The van der Waals surface area contributed by atoms with Crippen LogP contribution in [0.4, 0.5) is 5.69 Å². The predicted octanol–water partition coefficient (Wildman–Crippen LogP) is 3.24. The lowest BCUT2D eigenvalue weighted by molar-refractivity contribution is 0.0527. The maximum Gasteiger partial charge on any atom is 0.341 e. The normalized spacial score (nSPS) is 20.8. The van der Waals surface area contributed by atoms with Gasteiger partial charge in [-0.3, -0.25) is 9.88 Å². The standard InChI is InChI=1S/C24H34N4O2/c1-5-26-11-13-27(14-12-26)19-9-10-28(16-19)23-20-8-7-17(3)18(4)22(20)25-15-21(23)24(29)30-6-2/h7-8,15,19H,5-6,9-14,16H2,1-4H3. The van der Waals surface area contributed by atoms with Gasteiger partial charge in [0.2, 0.25) is 0 Å². The number of aryl methyl sites for hydroxylation is 2. The number of aromatic nitrogens is 1. The highest BCUT2D eigenvalue weighted by molar-refractivity contribution is 6.06. The lowest BCUT2D eigenvalue weighted by Crippen LogP contribution is -2.50. The maximum atomic E-state index is 12.8. The summed E-state index contributed by atoms with van der Waals surface area (Å²) >= 11 is 0. The van der Waals surface area contributed by atoms with Crippen molar-refractivity contribution in [2.45, 2.75) is 40.2 Å². The monoisotopic (exact) mass is 410 g/mol. The Labute approximate surface area is 179 Å². The number of hydrogen-bond acceptors (Lipinski definition) is 6. The highest BCUT2D eigenvalue weighted by Gasteiger charge is 2.32. The number of rotatable bonds is 5. The largest absolute Gasteiger partial charge is 0.462 e. The van der Waals surface area contributed by atoms with Crippen molar-refractivity contribution >= 4 is 22.6 Å². The molecule has 2 aromatic rings. The Morgan fingerprint density at radius 2 is 1.90 bits per heavy atom. The molecule has 6 heteroatoms. The van der Waals surface area contributed by atoms with Crippen LogP contribution in [0, 0.1) is 13.8 Å². The van der Waals surface area contributed by atoms with Crippen LogP contribution in [-0.4, -0.2) is 79.2 Å². The van der Waals surface area contributed by atoms with Gasteiger partial charge in [0.1, 0.15) is 5.56 Å². The molecule has 0 saturated carbocycles. The van der Waals surface area contributed by atoms with Crippen molar-refractivity contribution < 1.29 is 9.53 Å².